The molecule has 0 heterocycles. The fraction of sp³-hybridized carbons (Fsp3) is 0.250. The van der Waals surface area contributed by atoms with E-state index in [0.29, 0.717) is 5.56 Å². The number of nitro groups is 1. The number of nitrogens with zero attached hydrogens (tertiary/aromatic N) is 1. The normalized spacial score (nSPS) is 12.5. The topological polar surface area (TPSA) is 63.4 Å². The van der Waals surface area contributed by atoms with Gasteiger partial charge in [-0.25, -0.2) is 0 Å². The maximum atomic E-state index is 10.2. The van der Waals surface area contributed by atoms with Gasteiger partial charge in [-0.2, -0.15) is 0 Å². The van der Waals surface area contributed by atoms with Crippen LogP contribution in [0.25, 0.3) is 0 Å². The number of aliphatic hydroxyl groups excluding tert-OH is 1. The summed E-state index contributed by atoms with van der Waals surface area (Å²) < 4.78 is 0. The number of non-ortho nitro benzene ring substituents is 1. The van der Waals surface area contributed by atoms with Crippen molar-refractivity contribution < 1.29 is 10.0 Å². The molecule has 1 atom stereocenters. The molecule has 0 aliphatic heterocycles. The predicted octanol–water partition coefficient (Wildman–Crippen LogP) is 1.65. The molecule has 0 unspecified atom stereocenters. The number of nitro benzene ring substituents is 1. The van der Waals surface area contributed by atoms with Crippen molar-refractivity contribution in [1.29, 1.82) is 0 Å². The maximum Gasteiger partial charge on any atom is 0.269 e. The van der Waals surface area contributed by atoms with Gasteiger partial charge in [-0.05, 0) is 24.6 Å². The maximum absolute atomic E-state index is 10.2. The van der Waals surface area contributed by atoms with Crippen LogP contribution in [0.3, 0.4) is 0 Å². The Balaban J connectivity index is 2.93. The minimum atomic E-state index is -0.578. The minimum Gasteiger partial charge on any atom is -0.389 e. The molecule has 0 radical (unpaired) electrons. The number of hydrogen-bond acceptors (Lipinski definition) is 3. The molecule has 0 bridgehead atoms. The van der Waals surface area contributed by atoms with Gasteiger partial charge in [-0.1, -0.05) is 0 Å². The summed E-state index contributed by atoms with van der Waals surface area (Å²) in [6.07, 6.45) is -0.578. The molecule has 1 rings (SSSR count). The SMILES string of the molecule is C[C@@H](O)c1ccc([N+](=O)[O-])cc1. The standard InChI is InChI=1S/C8H9NO3/c1-6(10)7-2-4-8(5-3-7)9(11)12/h2-6,10H,1H3/t6-/m1/s1. The van der Waals surface area contributed by atoms with Crippen molar-refractivity contribution in [1.82, 2.24) is 0 Å². The third-order valence-corrected chi connectivity index (χ3v) is 1.59. The average molecular weight is 167 g/mol. The Morgan fingerprint density at radius 1 is 1.42 bits per heavy atom. The first-order chi connectivity index (χ1) is 5.61. The molecule has 0 saturated heterocycles. The van der Waals surface area contributed by atoms with E-state index in [1.54, 1.807) is 19.1 Å². The first kappa shape index (κ1) is 8.67. The Kier molecular flexibility index (Phi) is 2.40. The molecule has 0 fully saturated rings. The van der Waals surface area contributed by atoms with Crippen molar-refractivity contribution in [2.24, 2.45) is 0 Å². The van der Waals surface area contributed by atoms with Crippen LogP contribution in [-0.2, 0) is 0 Å². The van der Waals surface area contributed by atoms with Crippen molar-refractivity contribution in [2.45, 2.75) is 13.0 Å². The van der Waals surface area contributed by atoms with Gasteiger partial charge in [0.1, 0.15) is 0 Å². The van der Waals surface area contributed by atoms with Gasteiger partial charge in [0.25, 0.3) is 5.69 Å². The molecule has 1 N–H and O–H groups in total. The summed E-state index contributed by atoms with van der Waals surface area (Å²) in [7, 11) is 0. The summed E-state index contributed by atoms with van der Waals surface area (Å²) in [6.45, 7) is 1.61. The zero-order valence-electron chi connectivity index (χ0n) is 6.60. The number of hydrogen-bond donors (Lipinski definition) is 1. The van der Waals surface area contributed by atoms with Crippen molar-refractivity contribution in [3.05, 3.63) is 39.9 Å². The van der Waals surface area contributed by atoms with Crippen LogP contribution in [0.2, 0.25) is 0 Å². The molecule has 4 nitrogen and oxygen atoms in total. The third-order valence-electron chi connectivity index (χ3n) is 1.59. The highest BCUT2D eigenvalue weighted by atomic mass is 16.6. The molecular weight excluding hydrogens is 158 g/mol. The summed E-state index contributed by atoms with van der Waals surface area (Å²) in [5.74, 6) is 0. The monoisotopic (exact) mass is 167 g/mol. The van der Waals surface area contributed by atoms with E-state index in [0.717, 1.165) is 0 Å². The van der Waals surface area contributed by atoms with Gasteiger partial charge in [0.15, 0.2) is 0 Å². The molecule has 0 saturated carbocycles. The van der Waals surface area contributed by atoms with E-state index >= 15 is 0 Å². The molecule has 4 heteroatoms. The van der Waals surface area contributed by atoms with Crippen LogP contribution in [0.15, 0.2) is 24.3 Å². The summed E-state index contributed by atoms with van der Waals surface area (Å²) in [5, 5.41) is 19.3. The molecule has 0 amide bonds. The van der Waals surface area contributed by atoms with Crippen LogP contribution < -0.4 is 0 Å². The van der Waals surface area contributed by atoms with Crippen LogP contribution in [0.5, 0.6) is 0 Å². The van der Waals surface area contributed by atoms with Crippen molar-refractivity contribution in [3.8, 4) is 0 Å². The van der Waals surface area contributed by atoms with Crippen LogP contribution in [0.1, 0.15) is 18.6 Å². The molecule has 0 aliphatic rings. The van der Waals surface area contributed by atoms with Gasteiger partial charge in [-0.3, -0.25) is 10.1 Å². The number of aliphatic hydroxyl groups is 1. The van der Waals surface area contributed by atoms with Crippen molar-refractivity contribution in [3.63, 3.8) is 0 Å². The highest BCUT2D eigenvalue weighted by Crippen LogP contribution is 2.16. The lowest BCUT2D eigenvalue weighted by Gasteiger charge is -2.02. The Labute approximate surface area is 69.6 Å². The van der Waals surface area contributed by atoms with E-state index in [4.69, 9.17) is 5.11 Å². The largest absolute Gasteiger partial charge is 0.389 e. The Bertz CT molecular complexity index is 279. The van der Waals surface area contributed by atoms with E-state index in [-0.39, 0.29) is 5.69 Å². The second-order valence-corrected chi connectivity index (χ2v) is 2.52. The lowest BCUT2D eigenvalue weighted by atomic mass is 10.1. The zero-order chi connectivity index (χ0) is 9.14. The van der Waals surface area contributed by atoms with Gasteiger partial charge in [0, 0.05) is 12.1 Å². The van der Waals surface area contributed by atoms with E-state index in [2.05, 4.69) is 0 Å². The first-order valence-electron chi connectivity index (χ1n) is 3.53. The molecule has 1 aromatic carbocycles. The Morgan fingerprint density at radius 2 is 1.92 bits per heavy atom. The molecule has 0 aromatic heterocycles. The molecule has 0 spiro atoms. The van der Waals surface area contributed by atoms with Crippen LogP contribution in [0.4, 0.5) is 5.69 Å². The number of rotatable bonds is 2. The lowest BCUT2D eigenvalue weighted by Crippen LogP contribution is -1.92. The molecule has 64 valence electrons. The third kappa shape index (κ3) is 1.79. The van der Waals surface area contributed by atoms with Gasteiger partial charge in [0.2, 0.25) is 0 Å². The summed E-state index contributed by atoms with van der Waals surface area (Å²) in [6, 6.07) is 5.84. The highest BCUT2D eigenvalue weighted by Gasteiger charge is 2.05. The molecule has 0 aliphatic carbocycles. The van der Waals surface area contributed by atoms with E-state index < -0.39 is 11.0 Å². The molecular formula is C8H9NO3. The second-order valence-electron chi connectivity index (χ2n) is 2.52. The van der Waals surface area contributed by atoms with E-state index in [1.165, 1.54) is 12.1 Å². The van der Waals surface area contributed by atoms with E-state index in [1.807, 2.05) is 0 Å². The Morgan fingerprint density at radius 3 is 2.25 bits per heavy atom. The van der Waals surface area contributed by atoms with Crippen LogP contribution >= 0.6 is 0 Å². The van der Waals surface area contributed by atoms with Crippen LogP contribution in [-0.4, -0.2) is 10.0 Å². The predicted molar refractivity (Wildman–Crippen MR) is 43.7 cm³/mol. The van der Waals surface area contributed by atoms with Gasteiger partial charge < -0.3 is 5.11 Å². The summed E-state index contributed by atoms with van der Waals surface area (Å²) in [4.78, 5) is 9.76. The highest BCUT2D eigenvalue weighted by molar-refractivity contribution is 5.33. The minimum absolute atomic E-state index is 0.0411. The van der Waals surface area contributed by atoms with E-state index in [9.17, 15) is 10.1 Å². The number of benzene rings is 1. The summed E-state index contributed by atoms with van der Waals surface area (Å²) in [5.41, 5.74) is 0.722. The van der Waals surface area contributed by atoms with Crippen molar-refractivity contribution >= 4 is 5.69 Å². The fourth-order valence-corrected chi connectivity index (χ4v) is 0.875. The summed E-state index contributed by atoms with van der Waals surface area (Å²) >= 11 is 0. The van der Waals surface area contributed by atoms with Crippen molar-refractivity contribution in [2.75, 3.05) is 0 Å². The second kappa shape index (κ2) is 3.32. The smallest absolute Gasteiger partial charge is 0.269 e. The Hall–Kier alpha value is -1.42. The zero-order valence-corrected chi connectivity index (χ0v) is 6.60. The molecule has 12 heavy (non-hydrogen) atoms. The lowest BCUT2D eigenvalue weighted by molar-refractivity contribution is -0.384. The fourth-order valence-electron chi connectivity index (χ4n) is 0.875. The van der Waals surface area contributed by atoms with Gasteiger partial charge >= 0.3 is 0 Å². The van der Waals surface area contributed by atoms with Gasteiger partial charge in [-0.15, -0.1) is 0 Å². The quantitative estimate of drug-likeness (QED) is 0.538. The molecule has 1 aromatic rings. The first-order valence-corrected chi connectivity index (χ1v) is 3.53. The van der Waals surface area contributed by atoms with Gasteiger partial charge in [0.05, 0.1) is 11.0 Å². The average Bonchev–Trinajstić information content (AvgIpc) is 2.04. The van der Waals surface area contributed by atoms with Crippen LogP contribution in [0, 0.1) is 10.1 Å².